The standard InChI is InChI=1S/C15H12Cl2F2N2O2/c16-10-2-1-3-12(14(10)17)21-15(23)20-7-13(22)9-5-4-8(18)6-11(9)19/h1-6,13,22H,7H2,(H2,20,21,23)/t13-/m0/s1. The third-order valence-electron chi connectivity index (χ3n) is 2.98. The molecule has 1 atom stereocenters. The quantitative estimate of drug-likeness (QED) is 0.767. The predicted molar refractivity (Wildman–Crippen MR) is 84.8 cm³/mol. The molecule has 2 amide bonds. The number of amides is 2. The van der Waals surface area contributed by atoms with Crippen molar-refractivity contribution in [3.8, 4) is 0 Å². The van der Waals surface area contributed by atoms with Gasteiger partial charge in [-0.1, -0.05) is 35.3 Å². The number of aliphatic hydroxyl groups excluding tert-OH is 1. The fourth-order valence-electron chi connectivity index (χ4n) is 1.84. The van der Waals surface area contributed by atoms with Gasteiger partial charge in [0.15, 0.2) is 0 Å². The lowest BCUT2D eigenvalue weighted by molar-refractivity contribution is 0.170. The minimum Gasteiger partial charge on any atom is -0.386 e. The Morgan fingerprint density at radius 2 is 1.96 bits per heavy atom. The number of halogens is 4. The molecule has 0 heterocycles. The van der Waals surface area contributed by atoms with Gasteiger partial charge in [-0.25, -0.2) is 13.6 Å². The summed E-state index contributed by atoms with van der Waals surface area (Å²) in [6.45, 7) is -0.271. The van der Waals surface area contributed by atoms with Crippen LogP contribution in [0, 0.1) is 11.6 Å². The van der Waals surface area contributed by atoms with Crippen LogP contribution in [0.2, 0.25) is 10.0 Å². The first-order chi connectivity index (χ1) is 10.9. The molecule has 3 N–H and O–H groups in total. The molecule has 0 saturated carbocycles. The Morgan fingerprint density at radius 3 is 2.65 bits per heavy atom. The monoisotopic (exact) mass is 360 g/mol. The van der Waals surface area contributed by atoms with E-state index in [1.54, 1.807) is 18.2 Å². The highest BCUT2D eigenvalue weighted by molar-refractivity contribution is 6.43. The summed E-state index contributed by atoms with van der Waals surface area (Å²) in [5, 5.41) is 15.1. The van der Waals surface area contributed by atoms with Crippen molar-refractivity contribution in [1.82, 2.24) is 5.32 Å². The predicted octanol–water partition coefficient (Wildman–Crippen LogP) is 4.13. The summed E-state index contributed by atoms with van der Waals surface area (Å²) in [5.74, 6) is -1.64. The molecule has 0 bridgehead atoms. The summed E-state index contributed by atoms with van der Waals surface area (Å²) < 4.78 is 26.3. The molecule has 23 heavy (non-hydrogen) atoms. The van der Waals surface area contributed by atoms with Gasteiger partial charge in [-0.2, -0.15) is 0 Å². The van der Waals surface area contributed by atoms with E-state index in [4.69, 9.17) is 23.2 Å². The highest BCUT2D eigenvalue weighted by atomic mass is 35.5. The molecule has 0 saturated heterocycles. The molecular formula is C15H12Cl2F2N2O2. The van der Waals surface area contributed by atoms with Crippen molar-refractivity contribution in [1.29, 1.82) is 0 Å². The number of benzene rings is 2. The lowest BCUT2D eigenvalue weighted by atomic mass is 10.1. The Kier molecular flexibility index (Phi) is 5.76. The van der Waals surface area contributed by atoms with E-state index in [9.17, 15) is 18.7 Å². The summed E-state index contributed by atoms with van der Waals surface area (Å²) >= 11 is 11.7. The van der Waals surface area contributed by atoms with Gasteiger partial charge >= 0.3 is 6.03 Å². The van der Waals surface area contributed by atoms with Crippen LogP contribution in [0.15, 0.2) is 36.4 Å². The lowest BCUT2D eigenvalue weighted by Gasteiger charge is -2.14. The van der Waals surface area contributed by atoms with E-state index in [1.807, 2.05) is 0 Å². The fourth-order valence-corrected chi connectivity index (χ4v) is 2.19. The average Bonchev–Trinajstić information content (AvgIpc) is 2.49. The van der Waals surface area contributed by atoms with E-state index < -0.39 is 23.8 Å². The second kappa shape index (κ2) is 7.59. The fraction of sp³-hybridized carbons (Fsp3) is 0.133. The Hall–Kier alpha value is -1.89. The third kappa shape index (κ3) is 4.54. The molecule has 0 aliphatic heterocycles. The molecule has 2 rings (SSSR count). The Balaban J connectivity index is 1.95. The molecule has 8 heteroatoms. The van der Waals surface area contributed by atoms with Gasteiger partial charge in [0.2, 0.25) is 0 Å². The molecule has 0 fully saturated rings. The van der Waals surface area contributed by atoms with Crippen molar-refractivity contribution in [2.75, 3.05) is 11.9 Å². The summed E-state index contributed by atoms with van der Waals surface area (Å²) in [6.07, 6.45) is -1.32. The van der Waals surface area contributed by atoms with Gasteiger partial charge in [0.25, 0.3) is 0 Å². The maximum Gasteiger partial charge on any atom is 0.319 e. The Bertz CT molecular complexity index is 729. The van der Waals surface area contributed by atoms with Crippen LogP contribution >= 0.6 is 23.2 Å². The topological polar surface area (TPSA) is 61.4 Å². The number of nitrogens with one attached hydrogen (secondary N) is 2. The average molecular weight is 361 g/mol. The van der Waals surface area contributed by atoms with Gasteiger partial charge in [0.05, 0.1) is 21.8 Å². The zero-order chi connectivity index (χ0) is 17.0. The number of rotatable bonds is 4. The number of carbonyl (C=O) groups excluding carboxylic acids is 1. The third-order valence-corrected chi connectivity index (χ3v) is 3.80. The van der Waals surface area contributed by atoms with E-state index in [0.717, 1.165) is 12.1 Å². The van der Waals surface area contributed by atoms with Crippen LogP contribution in [0.1, 0.15) is 11.7 Å². The number of hydrogen-bond acceptors (Lipinski definition) is 2. The van der Waals surface area contributed by atoms with Crippen molar-refractivity contribution < 1.29 is 18.7 Å². The maximum absolute atomic E-state index is 13.5. The molecule has 2 aromatic rings. The SMILES string of the molecule is O=C(NC[C@H](O)c1ccc(F)cc1F)Nc1cccc(Cl)c1Cl. The second-order valence-electron chi connectivity index (χ2n) is 4.62. The van der Waals surface area contributed by atoms with Crippen molar-refractivity contribution in [2.45, 2.75) is 6.10 Å². The van der Waals surface area contributed by atoms with Gasteiger partial charge in [-0.15, -0.1) is 0 Å². The Labute approximate surface area is 141 Å². The van der Waals surface area contributed by atoms with Crippen molar-refractivity contribution in [3.05, 3.63) is 63.6 Å². The van der Waals surface area contributed by atoms with Crippen molar-refractivity contribution in [2.24, 2.45) is 0 Å². The van der Waals surface area contributed by atoms with E-state index >= 15 is 0 Å². The summed E-state index contributed by atoms with van der Waals surface area (Å²) in [5.41, 5.74) is 0.173. The van der Waals surface area contributed by atoms with Crippen molar-refractivity contribution >= 4 is 34.9 Å². The minimum absolute atomic E-state index is 0.118. The molecule has 0 aliphatic carbocycles. The van der Waals surface area contributed by atoms with Gasteiger partial charge in [0, 0.05) is 18.2 Å². The lowest BCUT2D eigenvalue weighted by Crippen LogP contribution is -2.32. The molecule has 0 spiro atoms. The first-order valence-corrected chi connectivity index (χ1v) is 7.26. The highest BCUT2D eigenvalue weighted by Crippen LogP contribution is 2.29. The smallest absolute Gasteiger partial charge is 0.319 e. The van der Waals surface area contributed by atoms with Crippen LogP contribution < -0.4 is 10.6 Å². The van der Waals surface area contributed by atoms with Gasteiger partial charge in [-0.3, -0.25) is 0 Å². The van der Waals surface area contributed by atoms with Crippen LogP contribution in [0.5, 0.6) is 0 Å². The summed E-state index contributed by atoms with van der Waals surface area (Å²) in [7, 11) is 0. The zero-order valence-corrected chi connectivity index (χ0v) is 13.1. The zero-order valence-electron chi connectivity index (χ0n) is 11.6. The largest absolute Gasteiger partial charge is 0.386 e. The number of aliphatic hydroxyl groups is 1. The van der Waals surface area contributed by atoms with Crippen LogP contribution in [-0.4, -0.2) is 17.7 Å². The number of hydrogen-bond donors (Lipinski definition) is 3. The molecule has 0 unspecified atom stereocenters. The summed E-state index contributed by atoms with van der Waals surface area (Å²) in [4.78, 5) is 11.8. The molecule has 0 aromatic heterocycles. The normalized spacial score (nSPS) is 11.9. The first kappa shape index (κ1) is 17.5. The van der Waals surface area contributed by atoms with E-state index in [0.29, 0.717) is 11.8 Å². The van der Waals surface area contributed by atoms with Gasteiger partial charge < -0.3 is 15.7 Å². The number of urea groups is 1. The van der Waals surface area contributed by atoms with Gasteiger partial charge in [0.1, 0.15) is 11.6 Å². The van der Waals surface area contributed by atoms with E-state index in [-0.39, 0.29) is 22.2 Å². The second-order valence-corrected chi connectivity index (χ2v) is 5.40. The van der Waals surface area contributed by atoms with Crippen LogP contribution in [-0.2, 0) is 0 Å². The van der Waals surface area contributed by atoms with E-state index in [1.165, 1.54) is 0 Å². The molecule has 122 valence electrons. The number of anilines is 1. The number of carbonyl (C=O) groups is 1. The minimum atomic E-state index is -1.32. The molecule has 0 radical (unpaired) electrons. The Morgan fingerprint density at radius 1 is 1.22 bits per heavy atom. The highest BCUT2D eigenvalue weighted by Gasteiger charge is 2.15. The van der Waals surface area contributed by atoms with Crippen LogP contribution in [0.4, 0.5) is 19.3 Å². The van der Waals surface area contributed by atoms with E-state index in [2.05, 4.69) is 10.6 Å². The summed E-state index contributed by atoms with van der Waals surface area (Å²) in [6, 6.07) is 6.85. The molecule has 4 nitrogen and oxygen atoms in total. The molecule has 2 aromatic carbocycles. The maximum atomic E-state index is 13.5. The van der Waals surface area contributed by atoms with Gasteiger partial charge in [-0.05, 0) is 18.2 Å². The van der Waals surface area contributed by atoms with Crippen LogP contribution in [0.3, 0.4) is 0 Å². The molecule has 0 aliphatic rings. The first-order valence-electron chi connectivity index (χ1n) is 6.50. The van der Waals surface area contributed by atoms with Crippen molar-refractivity contribution in [3.63, 3.8) is 0 Å². The molecular weight excluding hydrogens is 349 g/mol. The van der Waals surface area contributed by atoms with Crippen LogP contribution in [0.25, 0.3) is 0 Å².